The number of amides is 1. The first-order valence-electron chi connectivity index (χ1n) is 8.92. The molecule has 0 spiro atoms. The number of hydrogen-bond acceptors (Lipinski definition) is 4. The Morgan fingerprint density at radius 1 is 1.12 bits per heavy atom. The van der Waals surface area contributed by atoms with Crippen LogP contribution in [-0.2, 0) is 25.7 Å². The van der Waals surface area contributed by atoms with Crippen LogP contribution in [0.3, 0.4) is 0 Å². The zero-order valence-electron chi connectivity index (χ0n) is 15.0. The number of benzene rings is 1. The number of carbonyl (C=O) groups excluding carboxylic acids is 3. The minimum absolute atomic E-state index is 0.135. The van der Waals surface area contributed by atoms with Gasteiger partial charge in [-0.15, -0.1) is 0 Å². The van der Waals surface area contributed by atoms with Gasteiger partial charge in [0.25, 0.3) is 0 Å². The molecule has 1 atom stereocenters. The average molecular weight is 345 g/mol. The molecule has 1 fully saturated rings. The summed E-state index contributed by atoms with van der Waals surface area (Å²) in [5.74, 6) is -0.856. The van der Waals surface area contributed by atoms with Crippen LogP contribution in [0.15, 0.2) is 30.3 Å². The molecule has 1 amide bonds. The van der Waals surface area contributed by atoms with E-state index in [9.17, 15) is 14.4 Å². The number of carbonyl (C=O) groups is 3. The minimum atomic E-state index is -0.825. The maximum Gasteiger partial charge on any atom is 0.308 e. The molecule has 1 aliphatic carbocycles. The fraction of sp³-hybridized carbons (Fsp3) is 0.550. The van der Waals surface area contributed by atoms with Crippen molar-refractivity contribution in [1.82, 2.24) is 5.32 Å². The van der Waals surface area contributed by atoms with Gasteiger partial charge in [-0.05, 0) is 25.3 Å². The first kappa shape index (κ1) is 19.2. The van der Waals surface area contributed by atoms with E-state index in [4.69, 9.17) is 4.74 Å². The molecule has 136 valence electrons. The molecule has 5 heteroatoms. The van der Waals surface area contributed by atoms with E-state index in [-0.39, 0.29) is 24.7 Å². The molecule has 1 unspecified atom stereocenters. The zero-order chi connectivity index (χ0) is 18.3. The van der Waals surface area contributed by atoms with Crippen molar-refractivity contribution in [3.63, 3.8) is 0 Å². The van der Waals surface area contributed by atoms with Gasteiger partial charge in [0.05, 0.1) is 12.5 Å². The van der Waals surface area contributed by atoms with Crippen LogP contribution in [0.25, 0.3) is 0 Å². The number of hydrogen-bond donors (Lipinski definition) is 1. The van der Waals surface area contributed by atoms with Gasteiger partial charge in [0.15, 0.2) is 5.78 Å². The first-order chi connectivity index (χ1) is 11.9. The summed E-state index contributed by atoms with van der Waals surface area (Å²) in [6.07, 6.45) is 4.69. The summed E-state index contributed by atoms with van der Waals surface area (Å²) >= 11 is 0. The Labute approximate surface area is 149 Å². The molecule has 1 aromatic rings. The highest BCUT2D eigenvalue weighted by Gasteiger charge is 2.36. The summed E-state index contributed by atoms with van der Waals surface area (Å²) in [6, 6.07) is 8.52. The Bertz CT molecular complexity index is 605. The van der Waals surface area contributed by atoms with Gasteiger partial charge in [-0.2, -0.15) is 0 Å². The second kappa shape index (κ2) is 8.79. The Morgan fingerprint density at radius 2 is 1.76 bits per heavy atom. The van der Waals surface area contributed by atoms with Gasteiger partial charge < -0.3 is 10.1 Å². The van der Waals surface area contributed by atoms with Crippen LogP contribution in [0.1, 0.15) is 57.9 Å². The lowest BCUT2D eigenvalue weighted by Gasteiger charge is -2.33. The summed E-state index contributed by atoms with van der Waals surface area (Å²) in [7, 11) is 0. The SMILES string of the molecule is CC(=O)C(CC(=O)OCc1ccccc1)NC(=O)C1(C)CCCCC1. The van der Waals surface area contributed by atoms with Crippen LogP contribution in [0, 0.1) is 5.41 Å². The van der Waals surface area contributed by atoms with Crippen LogP contribution < -0.4 is 5.32 Å². The molecule has 0 heterocycles. The van der Waals surface area contributed by atoms with Crippen LogP contribution in [0.4, 0.5) is 0 Å². The van der Waals surface area contributed by atoms with Crippen LogP contribution in [0.2, 0.25) is 0 Å². The van der Waals surface area contributed by atoms with Crippen LogP contribution >= 0.6 is 0 Å². The van der Waals surface area contributed by atoms with Gasteiger partial charge >= 0.3 is 5.97 Å². The maximum absolute atomic E-state index is 12.6. The number of ether oxygens (including phenoxy) is 1. The fourth-order valence-electron chi connectivity index (χ4n) is 3.15. The molecule has 2 rings (SSSR count). The van der Waals surface area contributed by atoms with Gasteiger partial charge in [0, 0.05) is 5.41 Å². The summed E-state index contributed by atoms with van der Waals surface area (Å²) in [5, 5.41) is 2.77. The predicted molar refractivity (Wildman–Crippen MR) is 94.7 cm³/mol. The number of esters is 1. The third-order valence-electron chi connectivity index (χ3n) is 4.91. The molecule has 1 aliphatic rings. The molecule has 1 aromatic carbocycles. The molecular formula is C20H27NO4. The quantitative estimate of drug-likeness (QED) is 0.771. The summed E-state index contributed by atoms with van der Waals surface area (Å²) in [4.78, 5) is 36.5. The van der Waals surface area contributed by atoms with Crippen molar-refractivity contribution in [3.8, 4) is 0 Å². The summed E-state index contributed by atoms with van der Waals surface area (Å²) in [5.41, 5.74) is 0.439. The predicted octanol–water partition coefficient (Wildman–Crippen LogP) is 3.16. The molecule has 0 saturated heterocycles. The van der Waals surface area contributed by atoms with Gasteiger partial charge in [0.2, 0.25) is 5.91 Å². The standard InChI is InChI=1S/C20H27NO4/c1-15(22)17(21-19(24)20(2)11-7-4-8-12-20)13-18(23)25-14-16-9-5-3-6-10-16/h3,5-6,9-10,17H,4,7-8,11-14H2,1-2H3,(H,21,24). The summed E-state index contributed by atoms with van der Waals surface area (Å²) < 4.78 is 5.22. The van der Waals surface area contributed by atoms with E-state index in [1.807, 2.05) is 37.3 Å². The number of nitrogens with one attached hydrogen (secondary N) is 1. The van der Waals surface area contributed by atoms with E-state index in [1.54, 1.807) is 0 Å². The highest BCUT2D eigenvalue weighted by atomic mass is 16.5. The summed E-state index contributed by atoms with van der Waals surface area (Å²) in [6.45, 7) is 3.49. The normalized spacial score (nSPS) is 17.4. The highest BCUT2D eigenvalue weighted by molar-refractivity contribution is 5.92. The molecule has 1 saturated carbocycles. The van der Waals surface area contributed by atoms with Gasteiger partial charge in [-0.1, -0.05) is 56.5 Å². The monoisotopic (exact) mass is 345 g/mol. The third kappa shape index (κ3) is 5.69. The Kier molecular flexibility index (Phi) is 6.73. The lowest BCUT2D eigenvalue weighted by molar-refractivity contribution is -0.147. The van der Waals surface area contributed by atoms with E-state index in [2.05, 4.69) is 5.32 Å². The topological polar surface area (TPSA) is 72.5 Å². The van der Waals surface area contributed by atoms with Crippen molar-refractivity contribution in [3.05, 3.63) is 35.9 Å². The molecule has 0 aromatic heterocycles. The minimum Gasteiger partial charge on any atom is -0.461 e. The molecule has 0 bridgehead atoms. The largest absolute Gasteiger partial charge is 0.461 e. The Balaban J connectivity index is 1.88. The number of Topliss-reactive ketones (excluding diaryl/α,β-unsaturated/α-hetero) is 1. The maximum atomic E-state index is 12.6. The molecule has 0 radical (unpaired) electrons. The lowest BCUT2D eigenvalue weighted by Crippen LogP contribution is -2.48. The van der Waals surface area contributed by atoms with Gasteiger partial charge in [-0.25, -0.2) is 0 Å². The third-order valence-corrected chi connectivity index (χ3v) is 4.91. The second-order valence-electron chi connectivity index (χ2n) is 7.11. The Hall–Kier alpha value is -2.17. The molecule has 25 heavy (non-hydrogen) atoms. The van der Waals surface area contributed by atoms with E-state index in [1.165, 1.54) is 6.92 Å². The first-order valence-corrected chi connectivity index (χ1v) is 8.92. The van der Waals surface area contributed by atoms with E-state index >= 15 is 0 Å². The van der Waals surface area contributed by atoms with Crippen molar-refractivity contribution in [2.75, 3.05) is 0 Å². The van der Waals surface area contributed by atoms with E-state index < -0.39 is 17.4 Å². The van der Waals surface area contributed by atoms with E-state index in [0.717, 1.165) is 37.7 Å². The van der Waals surface area contributed by atoms with Gasteiger partial charge in [-0.3, -0.25) is 14.4 Å². The molecule has 0 aliphatic heterocycles. The molecular weight excluding hydrogens is 318 g/mol. The number of ketones is 1. The van der Waals surface area contributed by atoms with Crippen molar-refractivity contribution < 1.29 is 19.1 Å². The van der Waals surface area contributed by atoms with Crippen molar-refractivity contribution in [2.45, 2.75) is 65.0 Å². The van der Waals surface area contributed by atoms with Crippen LogP contribution in [-0.4, -0.2) is 23.7 Å². The van der Waals surface area contributed by atoms with Crippen molar-refractivity contribution in [1.29, 1.82) is 0 Å². The highest BCUT2D eigenvalue weighted by Crippen LogP contribution is 2.36. The molecule has 1 N–H and O–H groups in total. The number of rotatable bonds is 7. The smallest absolute Gasteiger partial charge is 0.308 e. The van der Waals surface area contributed by atoms with Crippen molar-refractivity contribution in [2.24, 2.45) is 5.41 Å². The van der Waals surface area contributed by atoms with Crippen LogP contribution in [0.5, 0.6) is 0 Å². The molecule has 5 nitrogen and oxygen atoms in total. The Morgan fingerprint density at radius 3 is 2.36 bits per heavy atom. The average Bonchev–Trinajstić information content (AvgIpc) is 2.60. The van der Waals surface area contributed by atoms with Crippen molar-refractivity contribution >= 4 is 17.7 Å². The van der Waals surface area contributed by atoms with E-state index in [0.29, 0.717) is 0 Å². The fourth-order valence-corrected chi connectivity index (χ4v) is 3.15. The zero-order valence-corrected chi connectivity index (χ0v) is 15.0. The lowest BCUT2D eigenvalue weighted by atomic mass is 9.75. The van der Waals surface area contributed by atoms with Gasteiger partial charge in [0.1, 0.15) is 6.61 Å². The second-order valence-corrected chi connectivity index (χ2v) is 7.11.